The van der Waals surface area contributed by atoms with E-state index < -0.39 is 0 Å². The van der Waals surface area contributed by atoms with E-state index in [2.05, 4.69) is 26.0 Å². The molecule has 6 nitrogen and oxygen atoms in total. The van der Waals surface area contributed by atoms with Crippen molar-refractivity contribution in [2.45, 2.75) is 19.3 Å². The predicted octanol–water partition coefficient (Wildman–Crippen LogP) is 2.65. The smallest absolute Gasteiger partial charge is 0.165 e. The monoisotopic (exact) mass is 322 g/mol. The van der Waals surface area contributed by atoms with Gasteiger partial charge in [0.25, 0.3) is 0 Å². The van der Waals surface area contributed by atoms with Crippen molar-refractivity contribution >= 4 is 0 Å². The number of ether oxygens (including phenoxy) is 2. The highest BCUT2D eigenvalue weighted by molar-refractivity contribution is 5.51. The summed E-state index contributed by atoms with van der Waals surface area (Å²) in [5, 5.41) is 0. The maximum Gasteiger partial charge on any atom is 0.165 e. The van der Waals surface area contributed by atoms with Crippen LogP contribution in [0.2, 0.25) is 0 Å². The van der Waals surface area contributed by atoms with Gasteiger partial charge in [0.2, 0.25) is 0 Å². The third-order valence-corrected chi connectivity index (χ3v) is 4.11. The summed E-state index contributed by atoms with van der Waals surface area (Å²) in [6.07, 6.45) is 6.06. The Bertz CT molecular complexity index is 833. The molecular formula is C18H18N4O2. The van der Waals surface area contributed by atoms with Gasteiger partial charge in [-0.2, -0.15) is 0 Å². The molecule has 1 aromatic carbocycles. The van der Waals surface area contributed by atoms with Gasteiger partial charge in [0.15, 0.2) is 11.5 Å². The highest BCUT2D eigenvalue weighted by atomic mass is 16.6. The molecule has 0 bridgehead atoms. The van der Waals surface area contributed by atoms with Crippen molar-refractivity contribution in [3.8, 4) is 11.5 Å². The minimum Gasteiger partial charge on any atom is -0.486 e. The van der Waals surface area contributed by atoms with Crippen molar-refractivity contribution in [2.24, 2.45) is 0 Å². The molecule has 0 spiro atoms. The number of aromatic amines is 1. The molecule has 4 rings (SSSR count). The first-order valence-corrected chi connectivity index (χ1v) is 7.96. The van der Waals surface area contributed by atoms with Crippen LogP contribution in [0.3, 0.4) is 0 Å². The topological polar surface area (TPSA) is 72.9 Å². The van der Waals surface area contributed by atoms with E-state index in [1.807, 2.05) is 31.3 Å². The third-order valence-electron chi connectivity index (χ3n) is 4.11. The van der Waals surface area contributed by atoms with E-state index in [1.165, 1.54) is 0 Å². The van der Waals surface area contributed by atoms with Crippen molar-refractivity contribution in [3.63, 3.8) is 0 Å². The largest absolute Gasteiger partial charge is 0.486 e. The lowest BCUT2D eigenvalue weighted by Gasteiger charge is -2.24. The molecule has 1 aliphatic heterocycles. The molecule has 3 aromatic rings. The Morgan fingerprint density at radius 2 is 2.12 bits per heavy atom. The first-order valence-electron chi connectivity index (χ1n) is 7.96. The summed E-state index contributed by atoms with van der Waals surface area (Å²) in [7, 11) is 0. The summed E-state index contributed by atoms with van der Waals surface area (Å²) in [6.45, 7) is 3.04. The third kappa shape index (κ3) is 2.82. The molecule has 1 atom stereocenters. The second kappa shape index (κ2) is 6.31. The van der Waals surface area contributed by atoms with Crippen LogP contribution >= 0.6 is 0 Å². The Morgan fingerprint density at radius 3 is 2.96 bits per heavy atom. The van der Waals surface area contributed by atoms with E-state index in [0.29, 0.717) is 13.2 Å². The van der Waals surface area contributed by atoms with Gasteiger partial charge in [-0.1, -0.05) is 12.1 Å². The summed E-state index contributed by atoms with van der Waals surface area (Å²) < 4.78 is 11.6. The van der Waals surface area contributed by atoms with Crippen LogP contribution in [0.15, 0.2) is 43.0 Å². The molecule has 3 heterocycles. The maximum absolute atomic E-state index is 5.90. The van der Waals surface area contributed by atoms with E-state index in [9.17, 15) is 0 Å². The van der Waals surface area contributed by atoms with Gasteiger partial charge in [-0.3, -0.25) is 0 Å². The Morgan fingerprint density at radius 1 is 1.21 bits per heavy atom. The van der Waals surface area contributed by atoms with Crippen molar-refractivity contribution in [1.29, 1.82) is 0 Å². The van der Waals surface area contributed by atoms with Crippen LogP contribution in [0.5, 0.6) is 11.5 Å². The van der Waals surface area contributed by atoms with E-state index in [1.54, 1.807) is 12.5 Å². The number of aryl methyl sites for hydroxylation is 1. The van der Waals surface area contributed by atoms with Crippen LogP contribution in [-0.2, 0) is 6.42 Å². The average molecular weight is 322 g/mol. The normalized spacial score (nSPS) is 14.4. The summed E-state index contributed by atoms with van der Waals surface area (Å²) in [4.78, 5) is 16.1. The van der Waals surface area contributed by atoms with Crippen LogP contribution in [-0.4, -0.2) is 33.1 Å². The minimum atomic E-state index is 0.0541. The molecule has 0 saturated heterocycles. The standard InChI is InChI=1S/C18H18N4O2/c1-12-20-6-5-13(22-12)9-15(16-10-19-11-21-16)14-3-2-4-17-18(14)24-8-7-23-17/h2-6,10-11,15H,7-9H2,1H3,(H,19,21). The fraction of sp³-hybridized carbons (Fsp3) is 0.278. The van der Waals surface area contributed by atoms with Gasteiger partial charge in [0.1, 0.15) is 19.0 Å². The highest BCUT2D eigenvalue weighted by Gasteiger charge is 2.25. The maximum atomic E-state index is 5.90. The number of aromatic nitrogens is 4. The molecule has 0 amide bonds. The molecule has 1 aliphatic rings. The molecule has 0 radical (unpaired) electrons. The number of rotatable bonds is 4. The lowest BCUT2D eigenvalue weighted by Crippen LogP contribution is -2.18. The Hall–Kier alpha value is -2.89. The second-order valence-corrected chi connectivity index (χ2v) is 5.73. The molecule has 122 valence electrons. The van der Waals surface area contributed by atoms with Gasteiger partial charge < -0.3 is 14.5 Å². The summed E-state index contributed by atoms with van der Waals surface area (Å²) in [5.74, 6) is 2.43. The van der Waals surface area contributed by atoms with Crippen LogP contribution < -0.4 is 9.47 Å². The first-order chi connectivity index (χ1) is 11.8. The number of nitrogens with one attached hydrogen (secondary N) is 1. The Balaban J connectivity index is 1.77. The van der Waals surface area contributed by atoms with Gasteiger partial charge >= 0.3 is 0 Å². The molecule has 1 unspecified atom stereocenters. The lowest BCUT2D eigenvalue weighted by molar-refractivity contribution is 0.169. The Labute approximate surface area is 139 Å². The average Bonchev–Trinajstić information content (AvgIpc) is 3.14. The second-order valence-electron chi connectivity index (χ2n) is 5.73. The van der Waals surface area contributed by atoms with Gasteiger partial charge in [-0.05, 0) is 19.1 Å². The van der Waals surface area contributed by atoms with Crippen molar-refractivity contribution in [3.05, 3.63) is 65.8 Å². The molecule has 0 fully saturated rings. The van der Waals surface area contributed by atoms with E-state index in [-0.39, 0.29) is 5.92 Å². The number of hydrogen-bond acceptors (Lipinski definition) is 5. The summed E-state index contributed by atoms with van der Waals surface area (Å²) in [5.41, 5.74) is 3.08. The zero-order valence-corrected chi connectivity index (χ0v) is 13.4. The van der Waals surface area contributed by atoms with Gasteiger partial charge in [0.05, 0.1) is 6.33 Å². The molecule has 2 aromatic heterocycles. The van der Waals surface area contributed by atoms with Gasteiger partial charge in [0, 0.05) is 41.7 Å². The van der Waals surface area contributed by atoms with Crippen molar-refractivity contribution < 1.29 is 9.47 Å². The van der Waals surface area contributed by atoms with Gasteiger partial charge in [-0.15, -0.1) is 0 Å². The lowest BCUT2D eigenvalue weighted by atomic mass is 9.90. The van der Waals surface area contributed by atoms with E-state index >= 15 is 0 Å². The van der Waals surface area contributed by atoms with Crippen LogP contribution in [0.25, 0.3) is 0 Å². The zero-order chi connectivity index (χ0) is 16.4. The highest BCUT2D eigenvalue weighted by Crippen LogP contribution is 2.40. The number of imidazole rings is 1. The molecule has 1 N–H and O–H groups in total. The number of fused-ring (bicyclic) bond motifs is 1. The summed E-state index contributed by atoms with van der Waals surface area (Å²) in [6, 6.07) is 7.96. The zero-order valence-electron chi connectivity index (χ0n) is 13.4. The van der Waals surface area contributed by atoms with E-state index in [4.69, 9.17) is 9.47 Å². The molecule has 0 aliphatic carbocycles. The Kier molecular flexibility index (Phi) is 3.86. The number of hydrogen-bond donors (Lipinski definition) is 1. The molecule has 24 heavy (non-hydrogen) atoms. The number of H-pyrrole nitrogens is 1. The minimum absolute atomic E-state index is 0.0541. The van der Waals surface area contributed by atoms with Crippen LogP contribution in [0.4, 0.5) is 0 Å². The number of para-hydroxylation sites is 1. The molecule has 0 saturated carbocycles. The summed E-state index contributed by atoms with van der Waals surface area (Å²) >= 11 is 0. The predicted molar refractivity (Wildman–Crippen MR) is 88.3 cm³/mol. The van der Waals surface area contributed by atoms with Crippen molar-refractivity contribution in [1.82, 2.24) is 19.9 Å². The van der Waals surface area contributed by atoms with Gasteiger partial charge in [-0.25, -0.2) is 15.0 Å². The number of nitrogens with zero attached hydrogens (tertiary/aromatic N) is 3. The molecular weight excluding hydrogens is 304 g/mol. The van der Waals surface area contributed by atoms with Crippen molar-refractivity contribution in [2.75, 3.05) is 13.2 Å². The SMILES string of the molecule is Cc1nccc(CC(c2cnc[nH]2)c2cccc3c2OCCO3)n1. The molecule has 6 heteroatoms. The van der Waals surface area contributed by atoms with Crippen LogP contribution in [0, 0.1) is 6.92 Å². The number of benzene rings is 1. The quantitative estimate of drug-likeness (QED) is 0.799. The van der Waals surface area contributed by atoms with Crippen LogP contribution in [0.1, 0.15) is 28.7 Å². The van der Waals surface area contributed by atoms with E-state index in [0.717, 1.165) is 40.7 Å². The first kappa shape index (κ1) is 14.7. The fourth-order valence-electron chi connectivity index (χ4n) is 3.04. The fourth-order valence-corrected chi connectivity index (χ4v) is 3.04.